The number of nitrogens with one attached hydrogen (secondary N) is 1. The number of aryl methyl sites for hydroxylation is 2. The standard InChI is InChI=1S/C52H50F3N9O6S/c1-5-11-45-57-43(48(51(67)69-7-3)64(45)29-34-16-20-35(21-17-34)40-14-8-9-15-41(40)49-58-60-61-59-49)32-71-39-24-25-42-44(27-39)62(4)46(56-42)31-70-38-22-18-33(19-23-38)28-63(30-47(65)68-6-2)50(66)36-12-10-13-37(26-36)52(53,54)55/h8-10,12-27H,5-7,11,28-32H2,1-4H3,(H,58,59,60,61). The lowest BCUT2D eigenvalue weighted by molar-refractivity contribution is -0.144. The van der Waals surface area contributed by atoms with Crippen LogP contribution >= 0.6 is 11.8 Å². The average Bonchev–Trinajstić information content (AvgIpc) is 4.11. The van der Waals surface area contributed by atoms with Crippen molar-refractivity contribution in [2.24, 2.45) is 7.05 Å². The fourth-order valence-electron chi connectivity index (χ4n) is 8.07. The normalized spacial score (nSPS) is 11.5. The van der Waals surface area contributed by atoms with E-state index in [0.717, 1.165) is 73.5 Å². The van der Waals surface area contributed by atoms with Crippen molar-refractivity contribution in [1.82, 2.24) is 44.6 Å². The number of imidazole rings is 2. The maximum Gasteiger partial charge on any atom is 0.416 e. The van der Waals surface area contributed by atoms with Crippen molar-refractivity contribution in [3.63, 3.8) is 0 Å². The number of esters is 2. The number of aromatic nitrogens is 8. The molecule has 19 heteroatoms. The van der Waals surface area contributed by atoms with E-state index in [9.17, 15) is 27.6 Å². The van der Waals surface area contributed by atoms with Gasteiger partial charge in [0.15, 0.2) is 5.69 Å². The van der Waals surface area contributed by atoms with Crippen molar-refractivity contribution >= 4 is 40.6 Å². The number of halogens is 3. The lowest BCUT2D eigenvalue weighted by Gasteiger charge is -2.22. The number of carbonyl (C=O) groups is 3. The Kier molecular flexibility index (Phi) is 15.6. The molecular formula is C52H50F3N9O6S. The van der Waals surface area contributed by atoms with Gasteiger partial charge in [-0.15, -0.1) is 22.0 Å². The summed E-state index contributed by atoms with van der Waals surface area (Å²) < 4.78 is 61.0. The van der Waals surface area contributed by atoms with Crippen molar-refractivity contribution in [3.8, 4) is 28.3 Å². The summed E-state index contributed by atoms with van der Waals surface area (Å²) in [5.41, 5.74) is 5.96. The number of rotatable bonds is 20. The first-order chi connectivity index (χ1) is 34.3. The lowest BCUT2D eigenvalue weighted by atomic mass is 9.98. The SMILES string of the molecule is CCCc1nc(CSc2ccc3nc(COc4ccc(CN(CC(=O)OCC)C(=O)c5cccc(C(F)(F)F)c5)cc4)n(C)c3c2)c(C(=O)OCC)n1Cc1ccc(-c2ccccc2-c2nn[nH]n2)cc1. The molecule has 0 saturated heterocycles. The molecule has 3 heterocycles. The fourth-order valence-corrected chi connectivity index (χ4v) is 8.93. The van der Waals surface area contributed by atoms with Crippen LogP contribution in [0.5, 0.6) is 5.75 Å². The van der Waals surface area contributed by atoms with E-state index in [4.69, 9.17) is 24.2 Å². The van der Waals surface area contributed by atoms with Crippen LogP contribution < -0.4 is 4.74 Å². The smallest absolute Gasteiger partial charge is 0.416 e. The monoisotopic (exact) mass is 985 g/mol. The zero-order chi connectivity index (χ0) is 50.1. The van der Waals surface area contributed by atoms with E-state index in [2.05, 4.69) is 27.5 Å². The molecule has 0 atom stereocenters. The molecule has 3 aromatic heterocycles. The largest absolute Gasteiger partial charge is 0.486 e. The van der Waals surface area contributed by atoms with Crippen LogP contribution in [0.4, 0.5) is 13.2 Å². The van der Waals surface area contributed by atoms with E-state index < -0.39 is 36.1 Å². The summed E-state index contributed by atoms with van der Waals surface area (Å²) in [6, 6.07) is 33.0. The van der Waals surface area contributed by atoms with Crippen LogP contribution in [0.2, 0.25) is 0 Å². The second kappa shape index (κ2) is 22.3. The maximum atomic E-state index is 13.7. The molecule has 0 saturated carbocycles. The molecule has 366 valence electrons. The number of fused-ring (bicyclic) bond motifs is 1. The van der Waals surface area contributed by atoms with Gasteiger partial charge in [0.2, 0.25) is 5.82 Å². The van der Waals surface area contributed by atoms with Gasteiger partial charge in [-0.1, -0.05) is 73.7 Å². The van der Waals surface area contributed by atoms with E-state index in [1.807, 2.05) is 82.9 Å². The minimum absolute atomic E-state index is 0.0679. The molecule has 71 heavy (non-hydrogen) atoms. The predicted octanol–water partition coefficient (Wildman–Crippen LogP) is 9.89. The molecule has 0 aliphatic carbocycles. The first-order valence-corrected chi connectivity index (χ1v) is 23.9. The summed E-state index contributed by atoms with van der Waals surface area (Å²) in [4.78, 5) is 51.5. The molecule has 0 aliphatic rings. The number of hydrogen-bond acceptors (Lipinski definition) is 12. The average molecular weight is 986 g/mol. The summed E-state index contributed by atoms with van der Waals surface area (Å²) in [5, 5.41) is 14.6. The Morgan fingerprint density at radius 1 is 0.803 bits per heavy atom. The van der Waals surface area contributed by atoms with Gasteiger partial charge in [0.05, 0.1) is 35.5 Å². The van der Waals surface area contributed by atoms with E-state index in [-0.39, 0.29) is 31.9 Å². The summed E-state index contributed by atoms with van der Waals surface area (Å²) >= 11 is 1.56. The van der Waals surface area contributed by atoms with Gasteiger partial charge < -0.3 is 28.2 Å². The van der Waals surface area contributed by atoms with Crippen LogP contribution in [0.1, 0.15) is 82.1 Å². The van der Waals surface area contributed by atoms with E-state index in [0.29, 0.717) is 53.1 Å². The summed E-state index contributed by atoms with van der Waals surface area (Å²) in [6.07, 6.45) is -3.13. The Morgan fingerprint density at radius 2 is 1.55 bits per heavy atom. The van der Waals surface area contributed by atoms with Gasteiger partial charge in [0, 0.05) is 48.3 Å². The number of amides is 1. The molecule has 0 fully saturated rings. The summed E-state index contributed by atoms with van der Waals surface area (Å²) in [6.45, 7) is 5.83. The molecule has 8 rings (SSSR count). The van der Waals surface area contributed by atoms with Gasteiger partial charge in [-0.2, -0.15) is 18.4 Å². The number of tetrazole rings is 1. The minimum Gasteiger partial charge on any atom is -0.486 e. The van der Waals surface area contributed by atoms with Crippen LogP contribution in [-0.4, -0.2) is 82.2 Å². The molecule has 5 aromatic carbocycles. The molecule has 0 bridgehead atoms. The topological polar surface area (TPSA) is 172 Å². The van der Waals surface area contributed by atoms with Crippen LogP contribution in [-0.2, 0) is 59.4 Å². The maximum absolute atomic E-state index is 13.7. The highest BCUT2D eigenvalue weighted by Gasteiger charge is 2.32. The zero-order valence-corrected chi connectivity index (χ0v) is 40.2. The molecule has 0 spiro atoms. The van der Waals surface area contributed by atoms with Crippen LogP contribution in [0, 0.1) is 0 Å². The second-order valence-corrected chi connectivity index (χ2v) is 17.4. The van der Waals surface area contributed by atoms with Gasteiger partial charge in [-0.3, -0.25) is 9.59 Å². The summed E-state index contributed by atoms with van der Waals surface area (Å²) in [5.74, 6) is 1.04. The lowest BCUT2D eigenvalue weighted by Crippen LogP contribution is -2.36. The van der Waals surface area contributed by atoms with Gasteiger partial charge >= 0.3 is 18.1 Å². The number of thioether (sulfide) groups is 1. The van der Waals surface area contributed by atoms with E-state index >= 15 is 0 Å². The Hall–Kier alpha value is -7.80. The fraction of sp³-hybridized carbons (Fsp3) is 0.269. The van der Waals surface area contributed by atoms with Gasteiger partial charge in [0.25, 0.3) is 5.91 Å². The van der Waals surface area contributed by atoms with Crippen LogP contribution in [0.15, 0.2) is 120 Å². The number of carbonyl (C=O) groups excluding carboxylic acids is 3. The van der Waals surface area contributed by atoms with Crippen molar-refractivity contribution in [2.45, 2.75) is 70.1 Å². The molecule has 8 aromatic rings. The van der Waals surface area contributed by atoms with E-state index in [1.165, 1.54) is 6.07 Å². The van der Waals surface area contributed by atoms with Crippen LogP contribution in [0.3, 0.4) is 0 Å². The molecule has 15 nitrogen and oxygen atoms in total. The quantitative estimate of drug-likeness (QED) is 0.0567. The van der Waals surface area contributed by atoms with Crippen molar-refractivity contribution in [3.05, 3.63) is 161 Å². The van der Waals surface area contributed by atoms with Gasteiger partial charge in [0.1, 0.15) is 30.5 Å². The third kappa shape index (κ3) is 11.8. The molecule has 1 amide bonds. The number of nitrogens with zero attached hydrogens (tertiary/aromatic N) is 8. The molecule has 1 N–H and O–H groups in total. The van der Waals surface area contributed by atoms with Gasteiger partial charge in [-0.05, 0) is 96.3 Å². The zero-order valence-electron chi connectivity index (χ0n) is 39.4. The predicted molar refractivity (Wildman–Crippen MR) is 260 cm³/mol. The first kappa shape index (κ1) is 49.6. The number of benzene rings is 5. The third-order valence-electron chi connectivity index (χ3n) is 11.5. The van der Waals surface area contributed by atoms with Crippen molar-refractivity contribution < 1.29 is 41.8 Å². The number of hydrogen-bond donors (Lipinski definition) is 1. The minimum atomic E-state index is -4.64. The van der Waals surface area contributed by atoms with E-state index in [1.54, 1.807) is 49.9 Å². The molecule has 0 unspecified atom stereocenters. The highest BCUT2D eigenvalue weighted by Crippen LogP contribution is 2.33. The Morgan fingerprint density at radius 3 is 2.25 bits per heavy atom. The van der Waals surface area contributed by atoms with Gasteiger partial charge in [-0.25, -0.2) is 14.8 Å². The Balaban J connectivity index is 0.944. The summed E-state index contributed by atoms with van der Waals surface area (Å²) in [7, 11) is 1.90. The Bertz CT molecular complexity index is 3140. The molecular weight excluding hydrogens is 936 g/mol. The molecule has 0 radical (unpaired) electrons. The third-order valence-corrected chi connectivity index (χ3v) is 12.5. The number of ether oxygens (including phenoxy) is 3. The van der Waals surface area contributed by atoms with Crippen molar-refractivity contribution in [1.29, 1.82) is 0 Å². The van der Waals surface area contributed by atoms with Crippen LogP contribution in [0.25, 0.3) is 33.5 Å². The van der Waals surface area contributed by atoms with Crippen molar-refractivity contribution in [2.75, 3.05) is 19.8 Å². The highest BCUT2D eigenvalue weighted by molar-refractivity contribution is 7.98. The molecule has 0 aliphatic heterocycles. The number of aromatic amines is 1. The number of alkyl halides is 3. The second-order valence-electron chi connectivity index (χ2n) is 16.4. The Labute approximate surface area is 411 Å². The number of H-pyrrole nitrogens is 1. The highest BCUT2D eigenvalue weighted by atomic mass is 32.2. The first-order valence-electron chi connectivity index (χ1n) is 22.9.